The molecule has 6 nitrogen and oxygen atoms in total. The Bertz CT molecular complexity index is 641. The lowest BCUT2D eigenvalue weighted by Gasteiger charge is -2.37. The van der Waals surface area contributed by atoms with E-state index in [9.17, 15) is 9.59 Å². The summed E-state index contributed by atoms with van der Waals surface area (Å²) in [4.78, 5) is 28.5. The number of rotatable bonds is 2. The van der Waals surface area contributed by atoms with Crippen LogP contribution in [0.5, 0.6) is 0 Å². The number of hydrogen-bond donors (Lipinski definition) is 0. The van der Waals surface area contributed by atoms with E-state index in [2.05, 4.69) is 0 Å². The average molecular weight is 360 g/mol. The van der Waals surface area contributed by atoms with Crippen LogP contribution in [0.1, 0.15) is 39.2 Å². The van der Waals surface area contributed by atoms with Crippen LogP contribution in [0.2, 0.25) is 0 Å². The first-order valence-corrected chi connectivity index (χ1v) is 9.29. The number of likely N-dealkylation sites (tertiary alicyclic amines) is 2. The predicted molar refractivity (Wildman–Crippen MR) is 97.7 cm³/mol. The molecule has 2 aliphatic rings. The van der Waals surface area contributed by atoms with Crippen molar-refractivity contribution in [3.8, 4) is 0 Å². The second-order valence-electron chi connectivity index (χ2n) is 8.09. The number of nitrogens with zero attached hydrogens (tertiary/aromatic N) is 2. The monoisotopic (exact) mass is 360 g/mol. The lowest BCUT2D eigenvalue weighted by Crippen LogP contribution is -2.50. The molecule has 2 heterocycles. The quantitative estimate of drug-likeness (QED) is 0.808. The summed E-state index contributed by atoms with van der Waals surface area (Å²) in [6.07, 6.45) is 1.36. The van der Waals surface area contributed by atoms with Gasteiger partial charge in [-0.05, 0) is 45.1 Å². The van der Waals surface area contributed by atoms with E-state index in [1.54, 1.807) is 9.80 Å². The molecule has 2 atom stereocenters. The Hall–Kier alpha value is -2.24. The van der Waals surface area contributed by atoms with Gasteiger partial charge in [0.25, 0.3) is 0 Å². The molecule has 0 N–H and O–H groups in total. The number of carbonyl (C=O) groups excluding carboxylic acids is 2. The van der Waals surface area contributed by atoms with Crippen LogP contribution < -0.4 is 0 Å². The molecule has 3 rings (SSSR count). The Morgan fingerprint density at radius 3 is 2.54 bits per heavy atom. The molecular weight excluding hydrogens is 332 g/mol. The van der Waals surface area contributed by atoms with E-state index in [1.165, 1.54) is 0 Å². The molecule has 1 aromatic carbocycles. The Morgan fingerprint density at radius 2 is 1.85 bits per heavy atom. The van der Waals surface area contributed by atoms with Gasteiger partial charge in [0, 0.05) is 19.6 Å². The fraction of sp³-hybridized carbons (Fsp3) is 0.600. The van der Waals surface area contributed by atoms with Crippen LogP contribution in [-0.4, -0.2) is 53.3 Å². The number of piperidine rings is 1. The van der Waals surface area contributed by atoms with E-state index in [4.69, 9.17) is 9.47 Å². The number of fused-ring (bicyclic) bond motifs is 1. The second-order valence-corrected chi connectivity index (χ2v) is 8.09. The molecule has 0 radical (unpaired) electrons. The van der Waals surface area contributed by atoms with E-state index < -0.39 is 5.60 Å². The van der Waals surface area contributed by atoms with E-state index >= 15 is 0 Å². The van der Waals surface area contributed by atoms with Crippen molar-refractivity contribution in [3.63, 3.8) is 0 Å². The maximum atomic E-state index is 12.5. The van der Waals surface area contributed by atoms with Crippen molar-refractivity contribution >= 4 is 12.2 Å². The van der Waals surface area contributed by atoms with Gasteiger partial charge in [0.05, 0.1) is 6.04 Å². The Kier molecular flexibility index (Phi) is 5.39. The summed E-state index contributed by atoms with van der Waals surface area (Å²) in [5.41, 5.74) is 0.449. The SMILES string of the molecule is CC(C)(C)OC(=O)N1CCC[C@H]2CN(C(=O)OCc3ccccc3)C[C@@H]21. The van der Waals surface area contributed by atoms with Gasteiger partial charge in [0.1, 0.15) is 12.2 Å². The molecule has 2 saturated heterocycles. The normalized spacial score (nSPS) is 22.7. The summed E-state index contributed by atoms with van der Waals surface area (Å²) in [6, 6.07) is 9.66. The molecule has 0 aromatic heterocycles. The van der Waals surface area contributed by atoms with Gasteiger partial charge in [-0.15, -0.1) is 0 Å². The Morgan fingerprint density at radius 1 is 1.12 bits per heavy atom. The summed E-state index contributed by atoms with van der Waals surface area (Å²) in [5.74, 6) is 0.292. The molecule has 0 unspecified atom stereocenters. The Balaban J connectivity index is 1.58. The standard InChI is InChI=1S/C20H28N2O4/c1-20(2,3)26-19(24)22-11-7-10-16-12-21(13-17(16)22)18(23)25-14-15-8-5-4-6-9-15/h4-6,8-9,16-17H,7,10-14H2,1-3H3/t16-,17-/m0/s1. The molecule has 142 valence electrons. The zero-order chi connectivity index (χ0) is 18.7. The molecule has 2 fully saturated rings. The van der Waals surface area contributed by atoms with Gasteiger partial charge in [0.2, 0.25) is 0 Å². The number of amides is 2. The molecule has 2 amide bonds. The highest BCUT2D eigenvalue weighted by Gasteiger charge is 2.44. The van der Waals surface area contributed by atoms with Gasteiger partial charge in [-0.1, -0.05) is 30.3 Å². The third-order valence-corrected chi connectivity index (χ3v) is 4.87. The van der Waals surface area contributed by atoms with Crippen molar-refractivity contribution in [2.24, 2.45) is 5.92 Å². The zero-order valence-corrected chi connectivity index (χ0v) is 15.8. The molecular formula is C20H28N2O4. The zero-order valence-electron chi connectivity index (χ0n) is 15.8. The van der Waals surface area contributed by atoms with Crippen molar-refractivity contribution in [3.05, 3.63) is 35.9 Å². The molecule has 0 spiro atoms. The van der Waals surface area contributed by atoms with E-state index in [0.29, 0.717) is 25.6 Å². The van der Waals surface area contributed by atoms with Gasteiger partial charge in [-0.3, -0.25) is 0 Å². The smallest absolute Gasteiger partial charge is 0.410 e. The van der Waals surface area contributed by atoms with Crippen molar-refractivity contribution in [1.82, 2.24) is 9.80 Å². The van der Waals surface area contributed by atoms with Crippen molar-refractivity contribution in [2.45, 2.75) is 51.9 Å². The first-order valence-electron chi connectivity index (χ1n) is 9.29. The number of benzene rings is 1. The minimum absolute atomic E-state index is 0.0166. The highest BCUT2D eigenvalue weighted by atomic mass is 16.6. The average Bonchev–Trinajstić information content (AvgIpc) is 3.03. The van der Waals surface area contributed by atoms with Crippen molar-refractivity contribution in [1.29, 1.82) is 0 Å². The lowest BCUT2D eigenvalue weighted by atomic mass is 9.92. The van der Waals surface area contributed by atoms with Gasteiger partial charge >= 0.3 is 12.2 Å². The van der Waals surface area contributed by atoms with Crippen molar-refractivity contribution < 1.29 is 19.1 Å². The van der Waals surface area contributed by atoms with E-state index in [1.807, 2.05) is 51.1 Å². The number of hydrogen-bond acceptors (Lipinski definition) is 4. The highest BCUT2D eigenvalue weighted by molar-refractivity contribution is 5.70. The minimum atomic E-state index is -0.517. The van der Waals surface area contributed by atoms with E-state index in [-0.39, 0.29) is 24.8 Å². The molecule has 1 aromatic rings. The van der Waals surface area contributed by atoms with Crippen LogP contribution >= 0.6 is 0 Å². The number of ether oxygens (including phenoxy) is 2. The van der Waals surface area contributed by atoms with Crippen molar-refractivity contribution in [2.75, 3.05) is 19.6 Å². The maximum absolute atomic E-state index is 12.5. The molecule has 2 aliphatic heterocycles. The topological polar surface area (TPSA) is 59.1 Å². The molecule has 26 heavy (non-hydrogen) atoms. The summed E-state index contributed by atoms with van der Waals surface area (Å²) in [7, 11) is 0. The molecule has 0 bridgehead atoms. The van der Waals surface area contributed by atoms with E-state index in [0.717, 1.165) is 18.4 Å². The largest absolute Gasteiger partial charge is 0.445 e. The molecule has 0 aliphatic carbocycles. The lowest BCUT2D eigenvalue weighted by molar-refractivity contribution is 0.00608. The Labute approximate surface area is 155 Å². The highest BCUT2D eigenvalue weighted by Crippen LogP contribution is 2.32. The first-order chi connectivity index (χ1) is 12.3. The van der Waals surface area contributed by atoms with Crippen LogP contribution in [0.4, 0.5) is 9.59 Å². The third kappa shape index (κ3) is 4.48. The summed E-state index contributed by atoms with van der Waals surface area (Å²) >= 11 is 0. The van der Waals surface area contributed by atoms with Crippen LogP contribution in [0.15, 0.2) is 30.3 Å². The van der Waals surface area contributed by atoms with Gasteiger partial charge in [-0.25, -0.2) is 9.59 Å². The summed E-state index contributed by atoms with van der Waals surface area (Å²) in [6.45, 7) is 7.70. The van der Waals surface area contributed by atoms with Crippen LogP contribution in [0.25, 0.3) is 0 Å². The fourth-order valence-corrected chi connectivity index (χ4v) is 3.69. The molecule has 6 heteroatoms. The van der Waals surface area contributed by atoms with Gasteiger partial charge in [0.15, 0.2) is 0 Å². The summed E-state index contributed by atoms with van der Waals surface area (Å²) < 4.78 is 11.0. The van der Waals surface area contributed by atoms with Crippen LogP contribution in [0.3, 0.4) is 0 Å². The summed E-state index contributed by atoms with van der Waals surface area (Å²) in [5, 5.41) is 0. The predicted octanol–water partition coefficient (Wildman–Crippen LogP) is 3.65. The van der Waals surface area contributed by atoms with Crippen LogP contribution in [0, 0.1) is 5.92 Å². The second kappa shape index (κ2) is 7.56. The third-order valence-electron chi connectivity index (χ3n) is 4.87. The van der Waals surface area contributed by atoms with Gasteiger partial charge in [-0.2, -0.15) is 0 Å². The van der Waals surface area contributed by atoms with Gasteiger partial charge < -0.3 is 19.3 Å². The maximum Gasteiger partial charge on any atom is 0.410 e. The minimum Gasteiger partial charge on any atom is -0.445 e. The molecule has 0 saturated carbocycles. The van der Waals surface area contributed by atoms with Crippen LogP contribution in [-0.2, 0) is 16.1 Å². The first kappa shape index (κ1) is 18.5. The number of carbonyl (C=O) groups is 2. The fourth-order valence-electron chi connectivity index (χ4n) is 3.69.